The predicted molar refractivity (Wildman–Crippen MR) is 97.9 cm³/mol. The third-order valence-electron chi connectivity index (χ3n) is 4.64. The van der Waals surface area contributed by atoms with Crippen LogP contribution in [-0.2, 0) is 11.3 Å². The Hall–Kier alpha value is -2.87. The average molecular weight is 357 g/mol. The third-order valence-corrected chi connectivity index (χ3v) is 4.64. The summed E-state index contributed by atoms with van der Waals surface area (Å²) in [6.07, 6.45) is 3.10. The summed E-state index contributed by atoms with van der Waals surface area (Å²) in [5.74, 6) is -0.0592. The van der Waals surface area contributed by atoms with E-state index >= 15 is 0 Å². The van der Waals surface area contributed by atoms with Gasteiger partial charge in [-0.15, -0.1) is 0 Å². The number of nitrogens with one attached hydrogen (secondary N) is 1. The molecule has 2 heterocycles. The van der Waals surface area contributed by atoms with Crippen LogP contribution in [0, 0.1) is 0 Å². The molecule has 8 nitrogen and oxygen atoms in total. The third kappa shape index (κ3) is 3.41. The summed E-state index contributed by atoms with van der Waals surface area (Å²) in [4.78, 5) is 25.0. The Balaban J connectivity index is 2.04. The summed E-state index contributed by atoms with van der Waals surface area (Å²) in [5, 5.41) is 16.0. The van der Waals surface area contributed by atoms with Crippen LogP contribution in [0.1, 0.15) is 31.9 Å². The highest BCUT2D eigenvalue weighted by Crippen LogP contribution is 2.39. The number of carbonyl (C=O) groups is 2. The van der Waals surface area contributed by atoms with E-state index in [2.05, 4.69) is 10.4 Å². The van der Waals surface area contributed by atoms with Crippen molar-refractivity contribution in [2.75, 3.05) is 11.4 Å². The zero-order valence-corrected chi connectivity index (χ0v) is 14.8. The second-order valence-electron chi connectivity index (χ2n) is 6.53. The molecule has 0 saturated heterocycles. The maximum Gasteiger partial charge on any atom is 0.405 e. The van der Waals surface area contributed by atoms with Gasteiger partial charge in [0.25, 0.3) is 0 Å². The molecular formula is C18H23N5O3. The van der Waals surface area contributed by atoms with Crippen molar-refractivity contribution in [3.8, 4) is 11.1 Å². The van der Waals surface area contributed by atoms with Gasteiger partial charge in [-0.1, -0.05) is 6.07 Å². The second-order valence-corrected chi connectivity index (χ2v) is 6.53. The van der Waals surface area contributed by atoms with Gasteiger partial charge in [0.15, 0.2) is 0 Å². The lowest BCUT2D eigenvalue weighted by Gasteiger charge is -2.39. The van der Waals surface area contributed by atoms with E-state index in [1.165, 1.54) is 6.92 Å². The highest BCUT2D eigenvalue weighted by atomic mass is 16.4. The number of amides is 2. The normalized spacial score (nSPS) is 19.1. The van der Waals surface area contributed by atoms with E-state index in [4.69, 9.17) is 5.73 Å². The molecule has 1 aliphatic heterocycles. The average Bonchev–Trinajstić information content (AvgIpc) is 3.02. The van der Waals surface area contributed by atoms with Crippen LogP contribution in [-0.4, -0.2) is 39.5 Å². The van der Waals surface area contributed by atoms with Crippen molar-refractivity contribution in [3.63, 3.8) is 0 Å². The zero-order valence-electron chi connectivity index (χ0n) is 14.8. The molecule has 26 heavy (non-hydrogen) atoms. The maximum absolute atomic E-state index is 12.1. The minimum Gasteiger partial charge on any atom is -0.465 e. The van der Waals surface area contributed by atoms with Crippen LogP contribution in [0.2, 0.25) is 0 Å². The maximum atomic E-state index is 12.1. The van der Waals surface area contributed by atoms with Crippen molar-refractivity contribution >= 4 is 17.7 Å². The van der Waals surface area contributed by atoms with Gasteiger partial charge in [-0.3, -0.25) is 9.48 Å². The monoisotopic (exact) mass is 357 g/mol. The highest BCUT2D eigenvalue weighted by molar-refractivity contribution is 5.94. The number of nitrogens with zero attached hydrogens (tertiary/aromatic N) is 3. The second kappa shape index (κ2) is 7.17. The van der Waals surface area contributed by atoms with Crippen LogP contribution < -0.4 is 16.0 Å². The van der Waals surface area contributed by atoms with Crippen LogP contribution >= 0.6 is 0 Å². The smallest absolute Gasteiger partial charge is 0.405 e. The molecule has 4 N–H and O–H groups in total. The van der Waals surface area contributed by atoms with Gasteiger partial charge in [-0.25, -0.2) is 4.79 Å². The van der Waals surface area contributed by atoms with Gasteiger partial charge in [0.1, 0.15) is 0 Å². The van der Waals surface area contributed by atoms with Gasteiger partial charge >= 0.3 is 6.09 Å². The molecule has 0 radical (unpaired) electrons. The molecule has 1 aromatic carbocycles. The molecule has 1 aromatic heterocycles. The van der Waals surface area contributed by atoms with Gasteiger partial charge in [-0.05, 0) is 36.6 Å². The van der Waals surface area contributed by atoms with E-state index in [9.17, 15) is 14.7 Å². The molecule has 2 atom stereocenters. The zero-order chi connectivity index (χ0) is 18.8. The summed E-state index contributed by atoms with van der Waals surface area (Å²) >= 11 is 0. The Morgan fingerprint density at radius 1 is 1.38 bits per heavy atom. The van der Waals surface area contributed by atoms with Crippen LogP contribution in [0.3, 0.4) is 0 Å². The minimum atomic E-state index is -1.08. The van der Waals surface area contributed by atoms with Crippen molar-refractivity contribution in [3.05, 3.63) is 36.2 Å². The van der Waals surface area contributed by atoms with Crippen molar-refractivity contribution in [1.29, 1.82) is 0 Å². The Morgan fingerprint density at radius 2 is 2.15 bits per heavy atom. The summed E-state index contributed by atoms with van der Waals surface area (Å²) < 4.78 is 1.77. The van der Waals surface area contributed by atoms with E-state index in [1.807, 2.05) is 31.3 Å². The van der Waals surface area contributed by atoms with E-state index in [0.717, 1.165) is 22.4 Å². The van der Waals surface area contributed by atoms with Crippen LogP contribution in [0.5, 0.6) is 0 Å². The number of hydrogen-bond donors (Lipinski definition) is 3. The van der Waals surface area contributed by atoms with Crippen LogP contribution in [0.4, 0.5) is 10.5 Å². The van der Waals surface area contributed by atoms with Gasteiger partial charge < -0.3 is 21.1 Å². The number of nitrogens with two attached hydrogens (primary N) is 1. The molecule has 2 amide bonds. The lowest BCUT2D eigenvalue weighted by Crippen LogP contribution is -2.45. The molecule has 1 aliphatic rings. The fourth-order valence-electron chi connectivity index (χ4n) is 3.58. The first-order valence-corrected chi connectivity index (χ1v) is 8.56. The molecule has 0 spiro atoms. The molecule has 0 unspecified atom stereocenters. The van der Waals surface area contributed by atoms with Crippen molar-refractivity contribution < 1.29 is 14.7 Å². The van der Waals surface area contributed by atoms with E-state index in [-0.39, 0.29) is 18.0 Å². The lowest BCUT2D eigenvalue weighted by atomic mass is 9.89. The topological polar surface area (TPSA) is 113 Å². The summed E-state index contributed by atoms with van der Waals surface area (Å²) in [6, 6.07) is 5.27. The predicted octanol–water partition coefficient (Wildman–Crippen LogP) is 1.96. The fourth-order valence-corrected chi connectivity index (χ4v) is 3.58. The SMILES string of the molecule is CC(=O)N1c2ccc(-c3cnn(CCN)c3)cc2[C@@H](NC(=O)O)C[C@H]1C. The quantitative estimate of drug-likeness (QED) is 0.774. The minimum absolute atomic E-state index is 0.0592. The number of carbonyl (C=O) groups excluding carboxylic acids is 1. The van der Waals surface area contributed by atoms with E-state index < -0.39 is 6.09 Å². The molecule has 138 valence electrons. The Bertz CT molecular complexity index is 832. The van der Waals surface area contributed by atoms with Gasteiger partial charge in [-0.2, -0.15) is 5.10 Å². The first-order valence-electron chi connectivity index (χ1n) is 8.56. The molecule has 0 aliphatic carbocycles. The molecule has 0 fully saturated rings. The number of benzene rings is 1. The Morgan fingerprint density at radius 3 is 2.81 bits per heavy atom. The number of aromatic nitrogens is 2. The van der Waals surface area contributed by atoms with E-state index in [1.54, 1.807) is 15.8 Å². The number of fused-ring (bicyclic) bond motifs is 1. The van der Waals surface area contributed by atoms with Crippen molar-refractivity contribution in [2.24, 2.45) is 5.73 Å². The number of carboxylic acid groups (broad SMARTS) is 1. The fraction of sp³-hybridized carbons (Fsp3) is 0.389. The van der Waals surface area contributed by atoms with Gasteiger partial charge in [0.2, 0.25) is 5.91 Å². The number of rotatable bonds is 4. The first kappa shape index (κ1) is 17.9. The van der Waals surface area contributed by atoms with Crippen molar-refractivity contribution in [1.82, 2.24) is 15.1 Å². The van der Waals surface area contributed by atoms with Crippen molar-refractivity contribution in [2.45, 2.75) is 38.9 Å². The number of anilines is 1. The molecule has 3 rings (SSSR count). The van der Waals surface area contributed by atoms with Gasteiger partial charge in [0.05, 0.1) is 18.8 Å². The Kier molecular flexibility index (Phi) is 4.94. The number of hydrogen-bond acceptors (Lipinski definition) is 4. The van der Waals surface area contributed by atoms with E-state index in [0.29, 0.717) is 19.5 Å². The highest BCUT2D eigenvalue weighted by Gasteiger charge is 2.33. The first-order chi connectivity index (χ1) is 12.4. The summed E-state index contributed by atoms with van der Waals surface area (Å²) in [7, 11) is 0. The molecular weight excluding hydrogens is 334 g/mol. The van der Waals surface area contributed by atoms with Crippen LogP contribution in [0.25, 0.3) is 11.1 Å². The van der Waals surface area contributed by atoms with Crippen LogP contribution in [0.15, 0.2) is 30.6 Å². The molecule has 8 heteroatoms. The van der Waals surface area contributed by atoms with Gasteiger partial charge in [0, 0.05) is 37.0 Å². The largest absolute Gasteiger partial charge is 0.465 e. The molecule has 0 bridgehead atoms. The Labute approximate surface area is 151 Å². The summed E-state index contributed by atoms with van der Waals surface area (Å²) in [6.45, 7) is 4.58. The lowest BCUT2D eigenvalue weighted by molar-refractivity contribution is -0.117. The molecule has 0 saturated carbocycles. The molecule has 2 aromatic rings. The summed E-state index contributed by atoms with van der Waals surface area (Å²) in [5.41, 5.74) is 8.94. The standard InChI is InChI=1S/C18H23N5O3/c1-11-7-16(21-18(25)26)15-8-13(3-4-17(15)23(11)12(2)24)14-9-20-22(10-14)6-5-19/h3-4,8-11,16,21H,5-7,19H2,1-2H3,(H,25,26)/t11-,16+/m1/s1.